The number of nitrogens with one attached hydrogen (secondary N) is 1. The highest BCUT2D eigenvalue weighted by atomic mass is 16.2. The number of fused-ring (bicyclic) bond motifs is 1. The number of likely N-dealkylation sites (tertiary alicyclic amines) is 1. The first-order valence-electron chi connectivity index (χ1n) is 5.13. The predicted octanol–water partition coefficient (Wildman–Crippen LogP) is -0.979. The molecular formula is C10H11N3O3. The van der Waals surface area contributed by atoms with E-state index in [1.807, 2.05) is 0 Å². The SMILES string of the molecule is N#CCC(=O)N1CCC2C(=O)NC(=O)C2C1. The molecule has 0 aromatic heterocycles. The molecule has 2 atom stereocenters. The van der Waals surface area contributed by atoms with Crippen molar-refractivity contribution in [1.29, 1.82) is 5.26 Å². The number of piperidine rings is 1. The quantitative estimate of drug-likeness (QED) is 0.576. The third kappa shape index (κ3) is 1.65. The number of hydrogen-bond donors (Lipinski definition) is 1. The van der Waals surface area contributed by atoms with Gasteiger partial charge in [-0.05, 0) is 6.42 Å². The highest BCUT2D eigenvalue weighted by Gasteiger charge is 2.45. The first kappa shape index (κ1) is 10.6. The Hall–Kier alpha value is -1.90. The van der Waals surface area contributed by atoms with E-state index in [9.17, 15) is 14.4 Å². The highest BCUT2D eigenvalue weighted by molar-refractivity contribution is 6.05. The summed E-state index contributed by atoms with van der Waals surface area (Å²) >= 11 is 0. The lowest BCUT2D eigenvalue weighted by Crippen LogP contribution is -2.44. The van der Waals surface area contributed by atoms with Crippen molar-refractivity contribution < 1.29 is 14.4 Å². The summed E-state index contributed by atoms with van der Waals surface area (Å²) in [5, 5.41) is 10.7. The Kier molecular flexibility index (Phi) is 2.60. The number of carbonyl (C=O) groups is 3. The molecule has 0 saturated carbocycles. The maximum absolute atomic E-state index is 11.5. The minimum atomic E-state index is -0.427. The summed E-state index contributed by atoms with van der Waals surface area (Å²) in [5.41, 5.74) is 0. The fourth-order valence-electron chi connectivity index (χ4n) is 2.24. The van der Waals surface area contributed by atoms with Crippen LogP contribution < -0.4 is 5.32 Å². The normalized spacial score (nSPS) is 28.3. The minimum absolute atomic E-state index is 0.174. The van der Waals surface area contributed by atoms with Crippen LogP contribution in [0.15, 0.2) is 0 Å². The van der Waals surface area contributed by atoms with Crippen molar-refractivity contribution in [3.8, 4) is 6.07 Å². The summed E-state index contributed by atoms with van der Waals surface area (Å²) in [6.07, 6.45) is 0.326. The Morgan fingerprint density at radius 1 is 1.44 bits per heavy atom. The topological polar surface area (TPSA) is 90.3 Å². The van der Waals surface area contributed by atoms with Gasteiger partial charge in [-0.1, -0.05) is 0 Å². The third-order valence-corrected chi connectivity index (χ3v) is 3.12. The van der Waals surface area contributed by atoms with Crippen molar-refractivity contribution in [3.63, 3.8) is 0 Å². The largest absolute Gasteiger partial charge is 0.341 e. The van der Waals surface area contributed by atoms with Crippen LogP contribution in [0.1, 0.15) is 12.8 Å². The van der Waals surface area contributed by atoms with Crippen LogP contribution in [0, 0.1) is 23.2 Å². The zero-order chi connectivity index (χ0) is 11.7. The molecule has 2 rings (SSSR count). The molecule has 2 aliphatic heterocycles. The molecule has 0 radical (unpaired) electrons. The molecule has 6 heteroatoms. The molecule has 0 spiro atoms. The number of amides is 3. The molecule has 84 valence electrons. The number of rotatable bonds is 1. The highest BCUT2D eigenvalue weighted by Crippen LogP contribution is 2.28. The van der Waals surface area contributed by atoms with Crippen molar-refractivity contribution >= 4 is 17.7 Å². The molecule has 3 amide bonds. The lowest BCUT2D eigenvalue weighted by molar-refractivity contribution is -0.135. The van der Waals surface area contributed by atoms with Crippen LogP contribution in [0.2, 0.25) is 0 Å². The summed E-state index contributed by atoms with van der Waals surface area (Å²) in [6, 6.07) is 1.79. The van der Waals surface area contributed by atoms with Crippen LogP contribution in [0.4, 0.5) is 0 Å². The molecule has 16 heavy (non-hydrogen) atoms. The van der Waals surface area contributed by atoms with E-state index in [1.165, 1.54) is 4.90 Å². The Balaban J connectivity index is 2.06. The second-order valence-electron chi connectivity index (χ2n) is 4.03. The van der Waals surface area contributed by atoms with Crippen molar-refractivity contribution in [3.05, 3.63) is 0 Å². The van der Waals surface area contributed by atoms with Gasteiger partial charge in [0, 0.05) is 13.1 Å². The fraction of sp³-hybridized carbons (Fsp3) is 0.600. The van der Waals surface area contributed by atoms with E-state index in [1.54, 1.807) is 6.07 Å². The minimum Gasteiger partial charge on any atom is -0.341 e. The molecule has 2 aliphatic rings. The zero-order valence-electron chi connectivity index (χ0n) is 8.60. The van der Waals surface area contributed by atoms with Gasteiger partial charge >= 0.3 is 0 Å². The molecule has 0 aliphatic carbocycles. The zero-order valence-corrected chi connectivity index (χ0v) is 8.60. The first-order chi connectivity index (χ1) is 7.63. The Morgan fingerprint density at radius 2 is 2.12 bits per heavy atom. The van der Waals surface area contributed by atoms with Crippen LogP contribution in [0.5, 0.6) is 0 Å². The van der Waals surface area contributed by atoms with Gasteiger partial charge in [0.1, 0.15) is 6.42 Å². The average Bonchev–Trinajstić information content (AvgIpc) is 2.55. The van der Waals surface area contributed by atoms with Gasteiger partial charge in [-0.2, -0.15) is 5.26 Å². The van der Waals surface area contributed by atoms with Crippen LogP contribution >= 0.6 is 0 Å². The summed E-state index contributed by atoms with van der Waals surface area (Å²) in [7, 11) is 0. The predicted molar refractivity (Wildman–Crippen MR) is 51.6 cm³/mol. The molecule has 2 heterocycles. The van der Waals surface area contributed by atoms with Crippen LogP contribution in [-0.2, 0) is 14.4 Å². The lowest BCUT2D eigenvalue weighted by Gasteiger charge is -2.31. The standard InChI is InChI=1S/C10H11N3O3/c11-3-1-8(14)13-4-2-6-7(5-13)10(16)12-9(6)15/h6-7H,1-2,4-5H2,(H,12,15,16). The number of imide groups is 1. The van der Waals surface area contributed by atoms with E-state index in [4.69, 9.17) is 5.26 Å². The van der Waals surface area contributed by atoms with Crippen molar-refractivity contribution in [2.24, 2.45) is 11.8 Å². The van der Waals surface area contributed by atoms with E-state index < -0.39 is 5.92 Å². The van der Waals surface area contributed by atoms with Gasteiger partial charge in [0.2, 0.25) is 17.7 Å². The van der Waals surface area contributed by atoms with Crippen LogP contribution in [-0.4, -0.2) is 35.7 Å². The van der Waals surface area contributed by atoms with E-state index in [2.05, 4.69) is 5.32 Å². The first-order valence-corrected chi connectivity index (χ1v) is 5.13. The molecule has 2 saturated heterocycles. The van der Waals surface area contributed by atoms with Gasteiger partial charge in [-0.15, -0.1) is 0 Å². The van der Waals surface area contributed by atoms with Crippen molar-refractivity contribution in [1.82, 2.24) is 10.2 Å². The van der Waals surface area contributed by atoms with Gasteiger partial charge in [0.25, 0.3) is 0 Å². The monoisotopic (exact) mass is 221 g/mol. The van der Waals surface area contributed by atoms with Crippen LogP contribution in [0.3, 0.4) is 0 Å². The lowest BCUT2D eigenvalue weighted by atomic mass is 9.87. The van der Waals surface area contributed by atoms with E-state index in [0.717, 1.165) is 0 Å². The second-order valence-corrected chi connectivity index (χ2v) is 4.03. The Morgan fingerprint density at radius 3 is 2.81 bits per heavy atom. The van der Waals surface area contributed by atoms with Gasteiger partial charge < -0.3 is 4.90 Å². The van der Waals surface area contributed by atoms with Crippen LogP contribution in [0.25, 0.3) is 0 Å². The molecule has 0 bridgehead atoms. The molecule has 2 fully saturated rings. The summed E-state index contributed by atoms with van der Waals surface area (Å²) in [4.78, 5) is 35.7. The Bertz CT molecular complexity index is 399. The van der Waals surface area contributed by atoms with E-state index in [0.29, 0.717) is 13.0 Å². The second kappa shape index (κ2) is 3.93. The fourth-order valence-corrected chi connectivity index (χ4v) is 2.24. The maximum atomic E-state index is 11.5. The maximum Gasteiger partial charge on any atom is 0.236 e. The van der Waals surface area contributed by atoms with Gasteiger partial charge in [0.05, 0.1) is 17.9 Å². The number of carbonyl (C=O) groups excluding carboxylic acids is 3. The van der Waals surface area contributed by atoms with Crippen molar-refractivity contribution in [2.45, 2.75) is 12.8 Å². The van der Waals surface area contributed by atoms with E-state index >= 15 is 0 Å². The van der Waals surface area contributed by atoms with Gasteiger partial charge in [0.15, 0.2) is 0 Å². The molecule has 2 unspecified atom stereocenters. The summed E-state index contributed by atoms with van der Waals surface area (Å²) in [6.45, 7) is 0.700. The molecular weight excluding hydrogens is 210 g/mol. The number of hydrogen-bond acceptors (Lipinski definition) is 4. The van der Waals surface area contributed by atoms with Gasteiger partial charge in [-0.25, -0.2) is 0 Å². The number of nitriles is 1. The average molecular weight is 221 g/mol. The number of nitrogens with zero attached hydrogens (tertiary/aromatic N) is 2. The molecule has 1 N–H and O–H groups in total. The summed E-state index contributed by atoms with van der Waals surface area (Å²) in [5.74, 6) is -1.53. The van der Waals surface area contributed by atoms with Crippen molar-refractivity contribution in [2.75, 3.05) is 13.1 Å². The smallest absolute Gasteiger partial charge is 0.236 e. The molecule has 6 nitrogen and oxygen atoms in total. The summed E-state index contributed by atoms with van der Waals surface area (Å²) < 4.78 is 0. The molecule has 0 aromatic carbocycles. The van der Waals surface area contributed by atoms with E-state index in [-0.39, 0.29) is 36.6 Å². The third-order valence-electron chi connectivity index (χ3n) is 3.12. The molecule has 0 aromatic rings. The van der Waals surface area contributed by atoms with Gasteiger partial charge in [-0.3, -0.25) is 19.7 Å². The Labute approximate surface area is 92.2 Å².